The van der Waals surface area contributed by atoms with Gasteiger partial charge in [-0.2, -0.15) is 9.61 Å². The molecule has 0 aliphatic heterocycles. The molecule has 0 saturated heterocycles. The van der Waals surface area contributed by atoms with Crippen molar-refractivity contribution in [3.8, 4) is 11.5 Å². The summed E-state index contributed by atoms with van der Waals surface area (Å²) in [6.07, 6.45) is 5.49. The number of pyridine rings is 1. The normalized spacial score (nSPS) is 11.6. The first kappa shape index (κ1) is 15.3. The molecule has 0 N–H and O–H groups in total. The molecule has 0 aliphatic rings. The van der Waals surface area contributed by atoms with Crippen LogP contribution in [0.4, 0.5) is 0 Å². The third-order valence-electron chi connectivity index (χ3n) is 3.27. The van der Waals surface area contributed by atoms with E-state index in [1.54, 1.807) is 22.8 Å². The van der Waals surface area contributed by atoms with Crippen LogP contribution in [0, 0.1) is 0 Å². The zero-order valence-corrected chi connectivity index (χ0v) is 14.4. The third kappa shape index (κ3) is 2.91. The molecule has 0 bridgehead atoms. The lowest BCUT2D eigenvalue weighted by Gasteiger charge is -1.97. The molecular formula is C16H9Cl2N5S. The molecule has 1 aromatic carbocycles. The Morgan fingerprint density at radius 3 is 2.75 bits per heavy atom. The van der Waals surface area contributed by atoms with Crippen molar-refractivity contribution in [1.29, 1.82) is 0 Å². The molecule has 0 saturated carbocycles. The van der Waals surface area contributed by atoms with E-state index in [0.29, 0.717) is 20.8 Å². The first-order valence-corrected chi connectivity index (χ1v) is 8.55. The minimum atomic E-state index is 0.593. The zero-order valence-electron chi connectivity index (χ0n) is 12.1. The maximum Gasteiger partial charge on any atom is 0.235 e. The van der Waals surface area contributed by atoms with E-state index in [1.165, 1.54) is 11.3 Å². The van der Waals surface area contributed by atoms with Gasteiger partial charge in [0, 0.05) is 16.2 Å². The predicted octanol–water partition coefficient (Wildman–Crippen LogP) is 4.73. The Bertz CT molecular complexity index is 1040. The molecule has 118 valence electrons. The average Bonchev–Trinajstić information content (AvgIpc) is 3.15. The highest BCUT2D eigenvalue weighted by molar-refractivity contribution is 7.17. The van der Waals surface area contributed by atoms with E-state index in [0.717, 1.165) is 16.3 Å². The molecule has 3 aromatic heterocycles. The fourth-order valence-electron chi connectivity index (χ4n) is 2.15. The maximum absolute atomic E-state index is 6.17. The summed E-state index contributed by atoms with van der Waals surface area (Å²) in [6, 6.07) is 11.0. The molecule has 0 spiro atoms. The number of hydrogen-bond acceptors (Lipinski definition) is 5. The molecule has 3 heterocycles. The molecular weight excluding hydrogens is 365 g/mol. The first-order valence-electron chi connectivity index (χ1n) is 6.97. The SMILES string of the molecule is Clc1ccc(C=Cc2nn3c(-c4ccccn4)nnc3s2)c(Cl)c1. The van der Waals surface area contributed by atoms with Gasteiger partial charge in [0.1, 0.15) is 10.7 Å². The van der Waals surface area contributed by atoms with Gasteiger partial charge in [-0.3, -0.25) is 4.98 Å². The summed E-state index contributed by atoms with van der Waals surface area (Å²) in [5.41, 5.74) is 1.60. The van der Waals surface area contributed by atoms with E-state index in [1.807, 2.05) is 36.4 Å². The number of aromatic nitrogens is 5. The highest BCUT2D eigenvalue weighted by Crippen LogP contribution is 2.24. The standard InChI is InChI=1S/C16H9Cl2N5S/c17-11-6-4-10(12(18)9-11)5-7-14-22-23-15(20-21-16(23)24-14)13-3-1-2-8-19-13/h1-9H. The molecule has 5 nitrogen and oxygen atoms in total. The summed E-state index contributed by atoms with van der Waals surface area (Å²) in [5, 5.41) is 14.8. The van der Waals surface area contributed by atoms with E-state index in [-0.39, 0.29) is 0 Å². The Labute approximate surface area is 151 Å². The summed E-state index contributed by atoms with van der Waals surface area (Å²) in [4.78, 5) is 4.99. The molecule has 4 aromatic rings. The van der Waals surface area contributed by atoms with Gasteiger partial charge >= 0.3 is 0 Å². The lowest BCUT2D eigenvalue weighted by atomic mass is 10.2. The molecule has 24 heavy (non-hydrogen) atoms. The van der Waals surface area contributed by atoms with Crippen LogP contribution in [0.15, 0.2) is 42.6 Å². The molecule has 0 unspecified atom stereocenters. The summed E-state index contributed by atoms with van der Waals surface area (Å²) < 4.78 is 1.69. The smallest absolute Gasteiger partial charge is 0.235 e. The monoisotopic (exact) mass is 373 g/mol. The third-order valence-corrected chi connectivity index (χ3v) is 4.69. The molecule has 8 heteroatoms. The summed E-state index contributed by atoms with van der Waals surface area (Å²) in [6.45, 7) is 0. The van der Waals surface area contributed by atoms with Crippen LogP contribution in [-0.4, -0.2) is 24.8 Å². The Morgan fingerprint density at radius 2 is 1.96 bits per heavy atom. The van der Waals surface area contributed by atoms with Gasteiger partial charge < -0.3 is 0 Å². The highest BCUT2D eigenvalue weighted by atomic mass is 35.5. The highest BCUT2D eigenvalue weighted by Gasteiger charge is 2.12. The van der Waals surface area contributed by atoms with Gasteiger partial charge in [0.25, 0.3) is 0 Å². The Morgan fingerprint density at radius 1 is 1.04 bits per heavy atom. The van der Waals surface area contributed by atoms with Crippen molar-refractivity contribution < 1.29 is 0 Å². The fraction of sp³-hybridized carbons (Fsp3) is 0. The molecule has 4 rings (SSSR count). The summed E-state index contributed by atoms with van der Waals surface area (Å²) in [5.74, 6) is 0.617. The number of rotatable bonds is 3. The summed E-state index contributed by atoms with van der Waals surface area (Å²) >= 11 is 13.5. The van der Waals surface area contributed by atoms with Gasteiger partial charge in [-0.15, -0.1) is 10.2 Å². The van der Waals surface area contributed by atoms with Gasteiger partial charge in [0.2, 0.25) is 10.8 Å². The van der Waals surface area contributed by atoms with Crippen LogP contribution in [0.3, 0.4) is 0 Å². The topological polar surface area (TPSA) is 56.0 Å². The Kier molecular flexibility index (Phi) is 4.02. The minimum Gasteiger partial charge on any atom is -0.253 e. The second-order valence-electron chi connectivity index (χ2n) is 4.87. The van der Waals surface area contributed by atoms with Crippen molar-refractivity contribution in [2.45, 2.75) is 0 Å². The van der Waals surface area contributed by atoms with E-state index < -0.39 is 0 Å². The van der Waals surface area contributed by atoms with E-state index in [9.17, 15) is 0 Å². The number of fused-ring (bicyclic) bond motifs is 1. The van der Waals surface area contributed by atoms with Crippen LogP contribution in [-0.2, 0) is 0 Å². The van der Waals surface area contributed by atoms with Crippen molar-refractivity contribution in [1.82, 2.24) is 24.8 Å². The van der Waals surface area contributed by atoms with E-state index in [4.69, 9.17) is 23.2 Å². The maximum atomic E-state index is 6.17. The second-order valence-corrected chi connectivity index (χ2v) is 6.70. The van der Waals surface area contributed by atoms with Gasteiger partial charge in [-0.1, -0.05) is 52.7 Å². The summed E-state index contributed by atoms with van der Waals surface area (Å²) in [7, 11) is 0. The number of halogens is 2. The minimum absolute atomic E-state index is 0.593. The first-order chi connectivity index (χ1) is 11.7. The molecule has 0 amide bonds. The molecule has 0 atom stereocenters. The Hall–Kier alpha value is -2.28. The van der Waals surface area contributed by atoms with Crippen LogP contribution in [0.1, 0.15) is 10.6 Å². The van der Waals surface area contributed by atoms with Crippen molar-refractivity contribution in [3.05, 3.63) is 63.2 Å². The van der Waals surface area contributed by atoms with Gasteiger partial charge in [-0.25, -0.2) is 0 Å². The second kappa shape index (κ2) is 6.32. The van der Waals surface area contributed by atoms with Crippen molar-refractivity contribution in [2.24, 2.45) is 0 Å². The van der Waals surface area contributed by atoms with Crippen LogP contribution >= 0.6 is 34.5 Å². The number of hydrogen-bond donors (Lipinski definition) is 0. The molecule has 0 fully saturated rings. The van der Waals surface area contributed by atoms with Crippen molar-refractivity contribution >= 4 is 51.7 Å². The van der Waals surface area contributed by atoms with Crippen molar-refractivity contribution in [3.63, 3.8) is 0 Å². The predicted molar refractivity (Wildman–Crippen MR) is 97.3 cm³/mol. The van der Waals surface area contributed by atoms with Gasteiger partial charge in [-0.05, 0) is 35.9 Å². The average molecular weight is 374 g/mol. The Balaban J connectivity index is 1.69. The van der Waals surface area contributed by atoms with Crippen molar-refractivity contribution in [2.75, 3.05) is 0 Å². The van der Waals surface area contributed by atoms with Crippen LogP contribution in [0.2, 0.25) is 10.0 Å². The number of nitrogens with zero attached hydrogens (tertiary/aromatic N) is 5. The fourth-order valence-corrected chi connectivity index (χ4v) is 3.36. The number of benzene rings is 1. The molecule has 0 radical (unpaired) electrons. The van der Waals surface area contributed by atoms with Crippen LogP contribution < -0.4 is 0 Å². The lowest BCUT2D eigenvalue weighted by molar-refractivity contribution is 0.951. The largest absolute Gasteiger partial charge is 0.253 e. The quantitative estimate of drug-likeness (QED) is 0.521. The van der Waals surface area contributed by atoms with Crippen LogP contribution in [0.5, 0.6) is 0 Å². The van der Waals surface area contributed by atoms with Gasteiger partial charge in [0.15, 0.2) is 0 Å². The molecule has 0 aliphatic carbocycles. The lowest BCUT2D eigenvalue weighted by Crippen LogP contribution is -1.92. The van der Waals surface area contributed by atoms with Gasteiger partial charge in [0.05, 0.1) is 0 Å². The van der Waals surface area contributed by atoms with E-state index in [2.05, 4.69) is 20.3 Å². The van der Waals surface area contributed by atoms with E-state index >= 15 is 0 Å². The zero-order chi connectivity index (χ0) is 16.5. The van der Waals surface area contributed by atoms with Crippen LogP contribution in [0.25, 0.3) is 28.6 Å².